The zero-order valence-electron chi connectivity index (χ0n) is 8.73. The van der Waals surface area contributed by atoms with Gasteiger partial charge in [0.15, 0.2) is 0 Å². The van der Waals surface area contributed by atoms with Crippen LogP contribution in [0.2, 0.25) is 0 Å². The number of fused-ring (bicyclic) bond motifs is 1. The number of thioether (sulfide) groups is 1. The van der Waals surface area contributed by atoms with Crippen LogP contribution in [0.15, 0.2) is 23.1 Å². The monoisotopic (exact) mass is 223 g/mol. The summed E-state index contributed by atoms with van der Waals surface area (Å²) in [6.45, 7) is 2.62. The predicted molar refractivity (Wildman–Crippen MR) is 61.7 cm³/mol. The van der Waals surface area contributed by atoms with Crippen molar-refractivity contribution in [2.45, 2.75) is 17.1 Å². The highest BCUT2D eigenvalue weighted by Gasteiger charge is 2.28. The van der Waals surface area contributed by atoms with E-state index in [0.717, 1.165) is 4.90 Å². The number of hydrogen-bond acceptors (Lipinski definition) is 3. The predicted octanol–water partition coefficient (Wildman–Crippen LogP) is 1.99. The maximum atomic E-state index is 10.9. The Morgan fingerprint density at radius 3 is 3.00 bits per heavy atom. The number of para-hydroxylation sites is 1. The standard InChI is InChI=1S/C11H13NO2S/c1-7-4-3-5-8-10(7)12(2)6-9(15-8)11(13)14/h3-5,9H,6H2,1-2H3,(H,13,14). The summed E-state index contributed by atoms with van der Waals surface area (Å²) in [5, 5.41) is 8.65. The van der Waals surface area contributed by atoms with Gasteiger partial charge < -0.3 is 10.0 Å². The van der Waals surface area contributed by atoms with Crippen LogP contribution in [0.1, 0.15) is 5.56 Å². The zero-order chi connectivity index (χ0) is 11.0. The largest absolute Gasteiger partial charge is 0.480 e. The zero-order valence-corrected chi connectivity index (χ0v) is 9.54. The van der Waals surface area contributed by atoms with Crippen molar-refractivity contribution >= 4 is 23.4 Å². The average molecular weight is 223 g/mol. The molecule has 1 atom stereocenters. The second kappa shape index (κ2) is 3.77. The highest BCUT2D eigenvalue weighted by Crippen LogP contribution is 2.39. The summed E-state index contributed by atoms with van der Waals surface area (Å²) in [5.41, 5.74) is 2.37. The Labute approximate surface area is 93.1 Å². The molecule has 1 N–H and O–H groups in total. The summed E-state index contributed by atoms with van der Waals surface area (Å²) in [7, 11) is 1.95. The molecular weight excluding hydrogens is 210 g/mol. The van der Waals surface area contributed by atoms with Crippen molar-refractivity contribution in [3.05, 3.63) is 23.8 Å². The van der Waals surface area contributed by atoms with Gasteiger partial charge in [0.25, 0.3) is 0 Å². The van der Waals surface area contributed by atoms with Gasteiger partial charge in [-0.15, -0.1) is 11.8 Å². The van der Waals surface area contributed by atoms with E-state index < -0.39 is 5.97 Å². The smallest absolute Gasteiger partial charge is 0.318 e. The van der Waals surface area contributed by atoms with Crippen LogP contribution in [0.5, 0.6) is 0 Å². The molecule has 15 heavy (non-hydrogen) atoms. The number of carbonyl (C=O) groups is 1. The van der Waals surface area contributed by atoms with Crippen LogP contribution >= 0.6 is 11.8 Å². The number of rotatable bonds is 1. The fourth-order valence-corrected chi connectivity index (χ4v) is 3.17. The molecule has 1 aromatic carbocycles. The Bertz CT molecular complexity index is 406. The molecule has 0 saturated carbocycles. The molecule has 0 fully saturated rings. The summed E-state index contributed by atoms with van der Waals surface area (Å²) >= 11 is 1.44. The van der Waals surface area contributed by atoms with Crippen LogP contribution in [-0.4, -0.2) is 29.9 Å². The molecule has 1 heterocycles. The lowest BCUT2D eigenvalue weighted by atomic mass is 10.1. The lowest BCUT2D eigenvalue weighted by Gasteiger charge is -2.32. The molecule has 1 unspecified atom stereocenters. The van der Waals surface area contributed by atoms with Crippen LogP contribution < -0.4 is 4.90 Å². The van der Waals surface area contributed by atoms with Gasteiger partial charge in [0, 0.05) is 18.5 Å². The lowest BCUT2D eigenvalue weighted by molar-refractivity contribution is -0.136. The number of aliphatic carboxylic acids is 1. The number of carboxylic acid groups (broad SMARTS) is 1. The fourth-order valence-electron chi connectivity index (χ4n) is 1.88. The quantitative estimate of drug-likeness (QED) is 0.790. The first kappa shape index (κ1) is 10.4. The summed E-state index contributed by atoms with van der Waals surface area (Å²) < 4.78 is 0. The molecule has 4 heteroatoms. The molecule has 2 rings (SSSR count). The van der Waals surface area contributed by atoms with Crippen LogP contribution in [0.25, 0.3) is 0 Å². The van der Waals surface area contributed by atoms with Crippen LogP contribution in [0, 0.1) is 6.92 Å². The second-order valence-electron chi connectivity index (χ2n) is 3.75. The minimum atomic E-state index is -0.737. The van der Waals surface area contributed by atoms with E-state index in [1.165, 1.54) is 23.0 Å². The number of benzene rings is 1. The maximum absolute atomic E-state index is 10.9. The molecule has 1 aliphatic rings. The van der Waals surface area contributed by atoms with E-state index in [4.69, 9.17) is 5.11 Å². The minimum absolute atomic E-state index is 0.357. The average Bonchev–Trinajstić information content (AvgIpc) is 2.17. The van der Waals surface area contributed by atoms with Gasteiger partial charge in [-0.05, 0) is 18.6 Å². The molecule has 0 spiro atoms. The van der Waals surface area contributed by atoms with Crippen molar-refractivity contribution < 1.29 is 9.90 Å². The van der Waals surface area contributed by atoms with Crippen molar-refractivity contribution in [1.82, 2.24) is 0 Å². The lowest BCUT2D eigenvalue weighted by Crippen LogP contribution is -2.36. The Balaban J connectivity index is 2.40. The van der Waals surface area contributed by atoms with Gasteiger partial charge in [-0.25, -0.2) is 0 Å². The summed E-state index contributed by atoms with van der Waals surface area (Å²) in [6, 6.07) is 6.01. The second-order valence-corrected chi connectivity index (χ2v) is 4.99. The molecule has 0 aromatic heterocycles. The van der Waals surface area contributed by atoms with Gasteiger partial charge in [0.2, 0.25) is 0 Å². The number of aryl methyl sites for hydroxylation is 1. The molecule has 0 bridgehead atoms. The third-order valence-corrected chi connectivity index (χ3v) is 3.79. The number of hydrogen-bond donors (Lipinski definition) is 1. The van der Waals surface area contributed by atoms with Gasteiger partial charge in [0.1, 0.15) is 5.25 Å². The van der Waals surface area contributed by atoms with Crippen molar-refractivity contribution in [1.29, 1.82) is 0 Å². The first-order chi connectivity index (χ1) is 7.09. The first-order valence-electron chi connectivity index (χ1n) is 4.80. The van der Waals surface area contributed by atoms with Gasteiger partial charge in [-0.3, -0.25) is 4.79 Å². The third-order valence-electron chi connectivity index (χ3n) is 2.57. The summed E-state index contributed by atoms with van der Waals surface area (Å²) in [4.78, 5) is 14.0. The number of nitrogens with zero attached hydrogens (tertiary/aromatic N) is 1. The van der Waals surface area contributed by atoms with E-state index >= 15 is 0 Å². The molecule has 0 radical (unpaired) electrons. The Kier molecular flexibility index (Phi) is 2.61. The Hall–Kier alpha value is -1.16. The molecule has 1 aliphatic heterocycles. The van der Waals surface area contributed by atoms with E-state index in [1.54, 1.807) is 0 Å². The van der Waals surface area contributed by atoms with Crippen molar-refractivity contribution in [3.8, 4) is 0 Å². The summed E-state index contributed by atoms with van der Waals surface area (Å²) in [5.74, 6) is -0.737. The fraction of sp³-hybridized carbons (Fsp3) is 0.364. The van der Waals surface area contributed by atoms with E-state index in [-0.39, 0.29) is 5.25 Å². The Morgan fingerprint density at radius 1 is 1.60 bits per heavy atom. The highest BCUT2D eigenvalue weighted by atomic mass is 32.2. The first-order valence-corrected chi connectivity index (χ1v) is 5.68. The van der Waals surface area contributed by atoms with E-state index in [0.29, 0.717) is 6.54 Å². The van der Waals surface area contributed by atoms with E-state index in [1.807, 2.05) is 24.1 Å². The molecule has 3 nitrogen and oxygen atoms in total. The number of anilines is 1. The summed E-state index contributed by atoms with van der Waals surface area (Å²) in [6.07, 6.45) is 0. The van der Waals surface area contributed by atoms with Crippen LogP contribution in [0.3, 0.4) is 0 Å². The van der Waals surface area contributed by atoms with E-state index in [2.05, 4.69) is 13.0 Å². The normalized spacial score (nSPS) is 19.9. The van der Waals surface area contributed by atoms with Crippen molar-refractivity contribution in [2.24, 2.45) is 0 Å². The molecule has 0 amide bonds. The van der Waals surface area contributed by atoms with Crippen LogP contribution in [-0.2, 0) is 4.79 Å². The third kappa shape index (κ3) is 1.81. The van der Waals surface area contributed by atoms with E-state index in [9.17, 15) is 4.79 Å². The number of carboxylic acids is 1. The van der Waals surface area contributed by atoms with Gasteiger partial charge in [0.05, 0.1) is 5.69 Å². The van der Waals surface area contributed by atoms with Crippen molar-refractivity contribution in [2.75, 3.05) is 18.5 Å². The Morgan fingerprint density at radius 2 is 2.33 bits per heavy atom. The minimum Gasteiger partial charge on any atom is -0.480 e. The van der Waals surface area contributed by atoms with Gasteiger partial charge in [-0.2, -0.15) is 0 Å². The maximum Gasteiger partial charge on any atom is 0.318 e. The molecule has 0 saturated heterocycles. The van der Waals surface area contributed by atoms with Crippen LogP contribution in [0.4, 0.5) is 5.69 Å². The van der Waals surface area contributed by atoms with Crippen molar-refractivity contribution in [3.63, 3.8) is 0 Å². The molecular formula is C11H13NO2S. The molecule has 80 valence electrons. The SMILES string of the molecule is Cc1cccc2c1N(C)CC(C(=O)O)S2. The molecule has 1 aromatic rings. The van der Waals surface area contributed by atoms with Gasteiger partial charge in [-0.1, -0.05) is 12.1 Å². The molecule has 0 aliphatic carbocycles. The topological polar surface area (TPSA) is 40.5 Å². The highest BCUT2D eigenvalue weighted by molar-refractivity contribution is 8.00. The van der Waals surface area contributed by atoms with Gasteiger partial charge >= 0.3 is 5.97 Å².